The molecule has 0 amide bonds. The Bertz CT molecular complexity index is 587. The second-order valence-electron chi connectivity index (χ2n) is 4.23. The first-order valence-corrected chi connectivity index (χ1v) is 5.96. The third-order valence-corrected chi connectivity index (χ3v) is 2.69. The van der Waals surface area contributed by atoms with Gasteiger partial charge in [0.2, 0.25) is 0 Å². The van der Waals surface area contributed by atoms with Crippen molar-refractivity contribution in [1.82, 2.24) is 20.2 Å². The number of carboxylic acids is 1. The van der Waals surface area contributed by atoms with Gasteiger partial charge < -0.3 is 15.6 Å². The lowest BCUT2D eigenvalue weighted by atomic mass is 10.1. The molecular formula is C12H16ClN5O3. The Labute approximate surface area is 127 Å². The molecule has 0 aliphatic heterocycles. The van der Waals surface area contributed by atoms with Crippen LogP contribution in [0.2, 0.25) is 0 Å². The van der Waals surface area contributed by atoms with Crippen LogP contribution >= 0.6 is 12.4 Å². The van der Waals surface area contributed by atoms with Gasteiger partial charge in [0.1, 0.15) is 5.75 Å². The van der Waals surface area contributed by atoms with Gasteiger partial charge in [-0.3, -0.25) is 4.79 Å². The van der Waals surface area contributed by atoms with Crippen molar-refractivity contribution in [3.63, 3.8) is 0 Å². The van der Waals surface area contributed by atoms with E-state index in [0.29, 0.717) is 12.2 Å². The van der Waals surface area contributed by atoms with Crippen LogP contribution in [-0.2, 0) is 17.8 Å². The Kier molecular flexibility index (Phi) is 6.07. The number of benzene rings is 1. The van der Waals surface area contributed by atoms with E-state index in [1.54, 1.807) is 7.11 Å². The summed E-state index contributed by atoms with van der Waals surface area (Å²) in [6.07, 6.45) is 0.531. The van der Waals surface area contributed by atoms with Gasteiger partial charge in [0, 0.05) is 0 Å². The number of hydrogen-bond donors (Lipinski definition) is 2. The molecule has 1 atom stereocenters. The highest BCUT2D eigenvalue weighted by atomic mass is 35.5. The third-order valence-electron chi connectivity index (χ3n) is 2.69. The number of hydrogen-bond acceptors (Lipinski definition) is 6. The van der Waals surface area contributed by atoms with Crippen LogP contribution in [0.25, 0.3) is 0 Å². The van der Waals surface area contributed by atoms with Gasteiger partial charge in [0.25, 0.3) is 0 Å². The molecule has 2 aromatic rings. The average molecular weight is 314 g/mol. The number of nitrogens with two attached hydrogens (primary N) is 1. The number of aromatic nitrogens is 4. The first-order valence-electron chi connectivity index (χ1n) is 5.96. The van der Waals surface area contributed by atoms with E-state index in [2.05, 4.69) is 15.4 Å². The Morgan fingerprint density at radius 1 is 1.43 bits per heavy atom. The van der Waals surface area contributed by atoms with E-state index in [0.717, 1.165) is 16.1 Å². The fraction of sp³-hybridized carbons (Fsp3) is 0.333. The molecule has 3 N–H and O–H groups in total. The minimum Gasteiger partial charge on any atom is -0.497 e. The zero-order valence-electron chi connectivity index (χ0n) is 11.3. The van der Waals surface area contributed by atoms with Crippen LogP contribution in [0.1, 0.15) is 17.4 Å². The molecule has 0 saturated heterocycles. The summed E-state index contributed by atoms with van der Waals surface area (Å²) in [5, 5.41) is 20.0. The van der Waals surface area contributed by atoms with Gasteiger partial charge in [-0.05, 0) is 29.3 Å². The minimum absolute atomic E-state index is 0. The van der Waals surface area contributed by atoms with Crippen molar-refractivity contribution in [2.45, 2.75) is 19.0 Å². The maximum atomic E-state index is 10.5. The van der Waals surface area contributed by atoms with Gasteiger partial charge in [-0.2, -0.15) is 4.80 Å². The molecule has 0 saturated carbocycles. The van der Waals surface area contributed by atoms with Crippen molar-refractivity contribution in [1.29, 1.82) is 0 Å². The maximum Gasteiger partial charge on any atom is 0.327 e. The van der Waals surface area contributed by atoms with Crippen LogP contribution in [-0.4, -0.2) is 38.4 Å². The lowest BCUT2D eigenvalue weighted by Gasteiger charge is -2.07. The summed E-state index contributed by atoms with van der Waals surface area (Å²) < 4.78 is 5.07. The average Bonchev–Trinajstić information content (AvgIpc) is 2.87. The number of halogens is 1. The summed E-state index contributed by atoms with van der Waals surface area (Å²) in [7, 11) is 1.60. The second-order valence-corrected chi connectivity index (χ2v) is 4.23. The Hall–Kier alpha value is -2.19. The van der Waals surface area contributed by atoms with Crippen molar-refractivity contribution in [2.75, 3.05) is 7.11 Å². The summed E-state index contributed by atoms with van der Waals surface area (Å²) in [5.41, 5.74) is 6.99. The van der Waals surface area contributed by atoms with Crippen LogP contribution in [0, 0.1) is 0 Å². The molecule has 0 bridgehead atoms. The highest BCUT2D eigenvalue weighted by Crippen LogP contribution is 2.16. The second kappa shape index (κ2) is 7.55. The summed E-state index contributed by atoms with van der Waals surface area (Å²) in [4.78, 5) is 11.5. The van der Waals surface area contributed by atoms with E-state index in [-0.39, 0.29) is 19.0 Å². The van der Waals surface area contributed by atoms with Crippen molar-refractivity contribution >= 4 is 18.4 Å². The first-order chi connectivity index (χ1) is 9.58. The third kappa shape index (κ3) is 4.69. The molecule has 1 unspecified atom stereocenters. The van der Waals surface area contributed by atoms with E-state index < -0.39 is 12.0 Å². The van der Waals surface area contributed by atoms with Crippen LogP contribution in [0.4, 0.5) is 0 Å². The Morgan fingerprint density at radius 3 is 2.67 bits per heavy atom. The lowest BCUT2D eigenvalue weighted by Crippen LogP contribution is -2.16. The molecule has 21 heavy (non-hydrogen) atoms. The molecular weight excluding hydrogens is 298 g/mol. The Balaban J connectivity index is 0.00000220. The highest BCUT2D eigenvalue weighted by Gasteiger charge is 2.14. The molecule has 9 heteroatoms. The lowest BCUT2D eigenvalue weighted by molar-refractivity contribution is -0.138. The zero-order chi connectivity index (χ0) is 14.5. The number of carbonyl (C=O) groups is 1. The fourth-order valence-electron chi connectivity index (χ4n) is 1.70. The quantitative estimate of drug-likeness (QED) is 0.794. The molecule has 0 fully saturated rings. The van der Waals surface area contributed by atoms with Gasteiger partial charge >= 0.3 is 5.97 Å². The van der Waals surface area contributed by atoms with Gasteiger partial charge in [-0.1, -0.05) is 12.1 Å². The van der Waals surface area contributed by atoms with Crippen molar-refractivity contribution in [2.24, 2.45) is 5.73 Å². The summed E-state index contributed by atoms with van der Waals surface area (Å²) in [5.74, 6) is 0.0626. The smallest absolute Gasteiger partial charge is 0.327 e. The molecule has 0 aliphatic carbocycles. The number of carboxylic acid groups (broad SMARTS) is 1. The number of rotatable bonds is 6. The molecule has 1 aromatic heterocycles. The molecule has 0 spiro atoms. The van der Waals surface area contributed by atoms with E-state index in [1.165, 1.54) is 0 Å². The summed E-state index contributed by atoms with van der Waals surface area (Å²) in [6.45, 7) is -0.331. The van der Waals surface area contributed by atoms with Crippen LogP contribution in [0.3, 0.4) is 0 Å². The topological polar surface area (TPSA) is 116 Å². The van der Waals surface area contributed by atoms with Crippen molar-refractivity contribution < 1.29 is 14.6 Å². The molecule has 8 nitrogen and oxygen atoms in total. The highest BCUT2D eigenvalue weighted by molar-refractivity contribution is 5.85. The monoisotopic (exact) mass is 313 g/mol. The molecule has 114 valence electrons. The normalized spacial score (nSPS) is 11.5. The predicted octanol–water partition coefficient (Wildman–Crippen LogP) is 0.431. The SMILES string of the molecule is COc1ccc(CC(N)c2nnn(CC(=O)O)n2)cc1.Cl. The zero-order valence-corrected chi connectivity index (χ0v) is 12.2. The standard InChI is InChI=1S/C12H15N5O3.ClH/c1-20-9-4-2-8(3-5-9)6-10(13)12-14-16-17(15-12)7-11(18)19;/h2-5,10H,6-7,13H2,1H3,(H,18,19);1H. The summed E-state index contributed by atoms with van der Waals surface area (Å²) >= 11 is 0. The number of aliphatic carboxylic acids is 1. The number of nitrogens with zero attached hydrogens (tertiary/aromatic N) is 4. The molecule has 1 aromatic carbocycles. The number of tetrazole rings is 1. The van der Waals surface area contributed by atoms with E-state index in [1.807, 2.05) is 24.3 Å². The summed E-state index contributed by atoms with van der Waals surface area (Å²) in [6, 6.07) is 7.06. The van der Waals surface area contributed by atoms with Crippen molar-refractivity contribution in [3.05, 3.63) is 35.7 Å². The van der Waals surface area contributed by atoms with Gasteiger partial charge in [-0.25, -0.2) is 0 Å². The van der Waals surface area contributed by atoms with Gasteiger partial charge in [0.05, 0.1) is 13.2 Å². The number of methoxy groups -OCH3 is 1. The van der Waals surface area contributed by atoms with E-state index >= 15 is 0 Å². The molecule has 0 radical (unpaired) electrons. The van der Waals surface area contributed by atoms with Crippen molar-refractivity contribution in [3.8, 4) is 5.75 Å². The fourth-order valence-corrected chi connectivity index (χ4v) is 1.70. The molecule has 1 heterocycles. The Morgan fingerprint density at radius 2 is 2.10 bits per heavy atom. The van der Waals surface area contributed by atoms with Crippen LogP contribution < -0.4 is 10.5 Å². The maximum absolute atomic E-state index is 10.5. The largest absolute Gasteiger partial charge is 0.497 e. The predicted molar refractivity (Wildman–Crippen MR) is 76.3 cm³/mol. The van der Waals surface area contributed by atoms with Crippen LogP contribution in [0.15, 0.2) is 24.3 Å². The minimum atomic E-state index is -1.03. The van der Waals surface area contributed by atoms with E-state index in [4.69, 9.17) is 15.6 Å². The number of ether oxygens (including phenoxy) is 1. The van der Waals surface area contributed by atoms with Gasteiger partial charge in [0.15, 0.2) is 12.4 Å². The molecule has 2 rings (SSSR count). The van der Waals surface area contributed by atoms with E-state index in [9.17, 15) is 4.79 Å². The molecule has 0 aliphatic rings. The van der Waals surface area contributed by atoms with Gasteiger partial charge in [-0.15, -0.1) is 22.6 Å². The van der Waals surface area contributed by atoms with Crippen LogP contribution in [0.5, 0.6) is 5.75 Å². The first kappa shape index (κ1) is 16.9.